The monoisotopic (exact) mass is 388 g/mol. The first-order chi connectivity index (χ1) is 10.6. The lowest BCUT2D eigenvalue weighted by atomic mass is 10.2. The van der Waals surface area contributed by atoms with Crippen molar-refractivity contribution in [3.63, 3.8) is 0 Å². The molecule has 1 aliphatic heterocycles. The molecular weight excluding hydrogens is 374 g/mol. The average molecular weight is 388 g/mol. The number of ether oxygens (including phenoxy) is 1. The van der Waals surface area contributed by atoms with E-state index in [1.165, 1.54) is 16.8 Å². The minimum atomic E-state index is -5.16. The van der Waals surface area contributed by atoms with Crippen LogP contribution < -0.4 is 5.69 Å². The predicted octanol–water partition coefficient (Wildman–Crippen LogP) is 0.810. The molecule has 1 unspecified atom stereocenters. The number of nitrogens with zero attached hydrogens (tertiary/aromatic N) is 1. The fourth-order valence-corrected chi connectivity index (χ4v) is 3.77. The summed E-state index contributed by atoms with van der Waals surface area (Å²) in [5.41, 5.74) is -0.457. The molecule has 2 heterocycles. The zero-order chi connectivity index (χ0) is 17.3. The van der Waals surface area contributed by atoms with Crippen molar-refractivity contribution in [2.24, 2.45) is 0 Å². The lowest BCUT2D eigenvalue weighted by Gasteiger charge is -2.17. The summed E-state index contributed by atoms with van der Waals surface area (Å²) < 4.78 is 37.0. The van der Waals surface area contributed by atoms with Gasteiger partial charge in [0.2, 0.25) is 0 Å². The molecule has 1 saturated heterocycles. The van der Waals surface area contributed by atoms with E-state index in [1.54, 1.807) is 0 Å². The van der Waals surface area contributed by atoms with Crippen LogP contribution in [0.2, 0.25) is 0 Å². The van der Waals surface area contributed by atoms with Crippen LogP contribution in [-0.2, 0) is 22.7 Å². The van der Waals surface area contributed by atoms with E-state index in [4.69, 9.17) is 31.6 Å². The van der Waals surface area contributed by atoms with E-state index in [0.717, 1.165) is 0 Å². The normalized spacial score (nSPS) is 24.5. The Kier molecular flexibility index (Phi) is 5.72. The minimum absolute atomic E-state index is 0.278. The fourth-order valence-electron chi connectivity index (χ4n) is 2.00. The number of hydrogen-bond donors (Lipinski definition) is 4. The van der Waals surface area contributed by atoms with Crippen molar-refractivity contribution in [2.45, 2.75) is 25.2 Å². The average Bonchev–Trinajstić information content (AvgIpc) is 2.82. The number of phosphoric ester groups is 1. The van der Waals surface area contributed by atoms with Gasteiger partial charge in [0, 0.05) is 6.20 Å². The van der Waals surface area contributed by atoms with Gasteiger partial charge in [0.1, 0.15) is 10.9 Å². The van der Waals surface area contributed by atoms with Crippen molar-refractivity contribution in [2.75, 3.05) is 6.61 Å². The third kappa shape index (κ3) is 5.71. The van der Waals surface area contributed by atoms with Crippen LogP contribution in [0.25, 0.3) is 0 Å². The van der Waals surface area contributed by atoms with Crippen LogP contribution in [0.5, 0.6) is 0 Å². The molecule has 0 radical (unpaired) electrons. The first-order valence-corrected chi connectivity index (χ1v) is 9.70. The molecule has 14 heteroatoms. The van der Waals surface area contributed by atoms with Crippen LogP contribution in [0.3, 0.4) is 0 Å². The third-order valence-electron chi connectivity index (χ3n) is 2.88. The maximum Gasteiger partial charge on any atom is 0.481 e. The quantitative estimate of drug-likeness (QED) is 0.405. The van der Waals surface area contributed by atoms with Gasteiger partial charge in [-0.3, -0.25) is 14.1 Å². The Bertz CT molecular complexity index is 771. The second-order valence-electron chi connectivity index (χ2n) is 4.64. The van der Waals surface area contributed by atoms with Gasteiger partial charge in [0.05, 0.1) is 12.7 Å². The van der Waals surface area contributed by atoms with Gasteiger partial charge in [-0.05, 0) is 18.9 Å². The highest BCUT2D eigenvalue weighted by Crippen LogP contribution is 2.57. The van der Waals surface area contributed by atoms with Crippen molar-refractivity contribution in [1.29, 1.82) is 0 Å². The zero-order valence-electron chi connectivity index (χ0n) is 11.5. The summed E-state index contributed by atoms with van der Waals surface area (Å²) in [4.78, 5) is 40.3. The molecule has 0 spiro atoms. The summed E-state index contributed by atoms with van der Waals surface area (Å²) >= 11 is 4.82. The van der Waals surface area contributed by atoms with Gasteiger partial charge in [-0.2, -0.15) is 4.31 Å². The molecule has 1 aromatic rings. The molecule has 1 aromatic heterocycles. The lowest BCUT2D eigenvalue weighted by Crippen LogP contribution is -2.27. The highest BCUT2D eigenvalue weighted by atomic mass is 32.1. The predicted molar refractivity (Wildman–Crippen MR) is 77.9 cm³/mol. The van der Waals surface area contributed by atoms with Gasteiger partial charge in [0.25, 0.3) is 0 Å². The number of aromatic nitrogens is 2. The topological polar surface area (TPSA) is 160 Å². The fraction of sp³-hybridized carbons (Fsp3) is 0.556. The molecule has 23 heavy (non-hydrogen) atoms. The summed E-state index contributed by atoms with van der Waals surface area (Å²) in [5, 5.41) is 0. The number of H-pyrrole nitrogens is 1. The van der Waals surface area contributed by atoms with Crippen molar-refractivity contribution in [3.8, 4) is 0 Å². The van der Waals surface area contributed by atoms with Gasteiger partial charge in [-0.15, -0.1) is 0 Å². The summed E-state index contributed by atoms with van der Waals surface area (Å²) in [6.07, 6.45) is 1.05. The molecule has 11 nitrogen and oxygen atoms in total. The lowest BCUT2D eigenvalue weighted by molar-refractivity contribution is -0.0243. The van der Waals surface area contributed by atoms with E-state index in [9.17, 15) is 13.9 Å². The second-order valence-corrected chi connectivity index (χ2v) is 7.91. The molecule has 0 bridgehead atoms. The number of phosphoric acid groups is 2. The third-order valence-corrected chi connectivity index (χ3v) is 5.27. The Balaban J connectivity index is 1.93. The van der Waals surface area contributed by atoms with E-state index in [1.807, 2.05) is 0 Å². The first-order valence-electron chi connectivity index (χ1n) is 6.27. The van der Waals surface area contributed by atoms with Crippen LogP contribution >= 0.6 is 27.9 Å². The van der Waals surface area contributed by atoms with Crippen LogP contribution in [0.1, 0.15) is 19.1 Å². The number of rotatable bonds is 6. The SMILES string of the molecule is O=c1[nH]c(=S)ccn1[C@H]1CC[C@@H](COP(=O)(O)OP(=O)(O)O)O1. The molecule has 130 valence electrons. The zero-order valence-corrected chi connectivity index (χ0v) is 14.1. The van der Waals surface area contributed by atoms with Crippen LogP contribution in [0.15, 0.2) is 17.1 Å². The molecule has 1 fully saturated rings. The molecule has 0 amide bonds. The standard InChI is InChI=1S/C9H14N2O9P2S/c12-9-10-7(23)3-4-11(9)8-2-1-6(19-8)5-18-22(16,17)20-21(13,14)15/h3-4,6,8H,1-2,5H2,(H,16,17)(H,10,12,23)(H2,13,14,15)/t6-,8+/m0/s1. The Morgan fingerprint density at radius 3 is 2.70 bits per heavy atom. The van der Waals surface area contributed by atoms with Gasteiger partial charge >= 0.3 is 21.3 Å². The highest BCUT2D eigenvalue weighted by Gasteiger charge is 2.35. The molecule has 0 saturated carbocycles. The number of aromatic amines is 1. The number of hydrogen-bond acceptors (Lipinski definition) is 7. The first kappa shape index (κ1) is 18.7. The molecule has 4 N–H and O–H groups in total. The smallest absolute Gasteiger partial charge is 0.352 e. The van der Waals surface area contributed by atoms with Crippen LogP contribution in [-0.4, -0.2) is 36.9 Å². The Labute approximate surface area is 134 Å². The van der Waals surface area contributed by atoms with E-state index in [0.29, 0.717) is 12.8 Å². The number of nitrogens with one attached hydrogen (secondary N) is 1. The summed E-state index contributed by atoms with van der Waals surface area (Å²) in [5.74, 6) is 0. The molecule has 3 atom stereocenters. The molecule has 2 rings (SSSR count). The largest absolute Gasteiger partial charge is 0.481 e. The Morgan fingerprint density at radius 2 is 2.09 bits per heavy atom. The second kappa shape index (κ2) is 7.06. The summed E-state index contributed by atoms with van der Waals surface area (Å²) in [7, 11) is -10.1. The minimum Gasteiger partial charge on any atom is -0.352 e. The van der Waals surface area contributed by atoms with Crippen LogP contribution in [0.4, 0.5) is 0 Å². The van der Waals surface area contributed by atoms with Crippen molar-refractivity contribution >= 4 is 27.9 Å². The van der Waals surface area contributed by atoms with E-state index < -0.39 is 40.3 Å². The molecule has 0 aromatic carbocycles. The van der Waals surface area contributed by atoms with Crippen molar-refractivity contribution in [3.05, 3.63) is 27.4 Å². The van der Waals surface area contributed by atoms with Crippen LogP contribution in [0, 0.1) is 4.64 Å². The van der Waals surface area contributed by atoms with Gasteiger partial charge in [0.15, 0.2) is 0 Å². The molecule has 0 aliphatic carbocycles. The molecule has 1 aliphatic rings. The Morgan fingerprint density at radius 1 is 1.39 bits per heavy atom. The van der Waals surface area contributed by atoms with E-state index in [-0.39, 0.29) is 4.64 Å². The highest BCUT2D eigenvalue weighted by molar-refractivity contribution is 7.71. The van der Waals surface area contributed by atoms with E-state index in [2.05, 4.69) is 13.8 Å². The summed E-state index contributed by atoms with van der Waals surface area (Å²) in [6, 6.07) is 1.51. The van der Waals surface area contributed by atoms with Gasteiger partial charge in [-0.25, -0.2) is 13.9 Å². The maximum absolute atomic E-state index is 11.7. The van der Waals surface area contributed by atoms with Crippen molar-refractivity contribution in [1.82, 2.24) is 9.55 Å². The Hall–Kier alpha value is -0.680. The van der Waals surface area contributed by atoms with Gasteiger partial charge in [-0.1, -0.05) is 12.2 Å². The summed E-state index contributed by atoms with van der Waals surface area (Å²) in [6.45, 7) is -0.429. The van der Waals surface area contributed by atoms with E-state index >= 15 is 0 Å². The van der Waals surface area contributed by atoms with Gasteiger partial charge < -0.3 is 19.4 Å². The molecular formula is C9H14N2O9P2S. The maximum atomic E-state index is 11.7. The van der Waals surface area contributed by atoms with Crippen molar-refractivity contribution < 1.29 is 37.4 Å².